The van der Waals surface area contributed by atoms with Gasteiger partial charge >= 0.3 is 0 Å². The van der Waals surface area contributed by atoms with Crippen molar-refractivity contribution in [3.8, 4) is 0 Å². The van der Waals surface area contributed by atoms with Crippen LogP contribution in [0.4, 0.5) is 17.1 Å². The summed E-state index contributed by atoms with van der Waals surface area (Å²) in [4.78, 5) is 33.5. The highest BCUT2D eigenvalue weighted by molar-refractivity contribution is 6.31. The number of nitrogens with zero attached hydrogens (tertiary/aromatic N) is 3. The summed E-state index contributed by atoms with van der Waals surface area (Å²) in [6.07, 6.45) is 1.96. The van der Waals surface area contributed by atoms with E-state index in [1.807, 2.05) is 61.3 Å². The van der Waals surface area contributed by atoms with Crippen molar-refractivity contribution in [1.29, 1.82) is 0 Å². The predicted molar refractivity (Wildman–Crippen MR) is 117 cm³/mol. The van der Waals surface area contributed by atoms with Gasteiger partial charge in [-0.3, -0.25) is 14.6 Å². The van der Waals surface area contributed by atoms with Gasteiger partial charge in [0.05, 0.1) is 23.4 Å². The minimum Gasteiger partial charge on any atom is -0.365 e. The standard InChI is InChI=1S/C22H21ClN4O2/c1-14-11-21(28)25-17-5-3-4-6-20(17)27(14)22(29)13-26(2)19-9-10-24-18-12-15(23)7-8-16(18)19/h3-10,12,14H,11,13H2,1-2H3,(H,25,28)/t14-/m0/s1. The fourth-order valence-electron chi connectivity index (χ4n) is 3.77. The first-order valence-corrected chi connectivity index (χ1v) is 9.78. The van der Waals surface area contributed by atoms with Crippen LogP contribution in [0.15, 0.2) is 54.7 Å². The normalized spacial score (nSPS) is 16.2. The number of benzene rings is 2. The molecule has 2 aromatic carbocycles. The highest BCUT2D eigenvalue weighted by Gasteiger charge is 2.30. The van der Waals surface area contributed by atoms with Crippen molar-refractivity contribution in [3.63, 3.8) is 0 Å². The predicted octanol–water partition coefficient (Wildman–Crippen LogP) is 4.09. The Bertz CT molecular complexity index is 1100. The van der Waals surface area contributed by atoms with E-state index >= 15 is 0 Å². The van der Waals surface area contributed by atoms with Crippen molar-refractivity contribution >= 4 is 51.4 Å². The van der Waals surface area contributed by atoms with Crippen LogP contribution in [0.3, 0.4) is 0 Å². The van der Waals surface area contributed by atoms with Gasteiger partial charge in [-0.2, -0.15) is 0 Å². The Kier molecular flexibility index (Phi) is 5.11. The molecule has 0 bridgehead atoms. The van der Waals surface area contributed by atoms with Crippen LogP contribution in [0.5, 0.6) is 0 Å². The van der Waals surface area contributed by atoms with Crippen molar-refractivity contribution in [2.75, 3.05) is 28.7 Å². The number of rotatable bonds is 3. The molecule has 3 aromatic rings. The monoisotopic (exact) mass is 408 g/mol. The van der Waals surface area contributed by atoms with Crippen LogP contribution in [0.2, 0.25) is 5.02 Å². The Balaban J connectivity index is 1.65. The topological polar surface area (TPSA) is 65.5 Å². The molecular formula is C22H21ClN4O2. The van der Waals surface area contributed by atoms with Crippen LogP contribution in [-0.4, -0.2) is 36.4 Å². The third kappa shape index (κ3) is 3.76. The van der Waals surface area contributed by atoms with Crippen LogP contribution in [0.1, 0.15) is 13.3 Å². The summed E-state index contributed by atoms with van der Waals surface area (Å²) < 4.78 is 0. The lowest BCUT2D eigenvalue weighted by molar-refractivity contribution is -0.118. The molecule has 4 rings (SSSR count). The van der Waals surface area contributed by atoms with E-state index in [0.29, 0.717) is 10.7 Å². The molecule has 7 heteroatoms. The fourth-order valence-corrected chi connectivity index (χ4v) is 3.94. The van der Waals surface area contributed by atoms with Gasteiger partial charge in [-0.05, 0) is 43.3 Å². The lowest BCUT2D eigenvalue weighted by atomic mass is 10.1. The summed E-state index contributed by atoms with van der Waals surface area (Å²) in [6, 6.07) is 14.6. The maximum atomic E-state index is 13.3. The van der Waals surface area contributed by atoms with E-state index in [1.165, 1.54) is 0 Å². The molecule has 0 radical (unpaired) electrons. The quantitative estimate of drug-likeness (QED) is 0.708. The number of para-hydroxylation sites is 2. The molecule has 1 aliphatic heterocycles. The molecule has 2 heterocycles. The van der Waals surface area contributed by atoms with Crippen LogP contribution in [0.25, 0.3) is 10.9 Å². The minimum absolute atomic E-state index is 0.0807. The Morgan fingerprint density at radius 2 is 2.07 bits per heavy atom. The first-order valence-electron chi connectivity index (χ1n) is 9.40. The summed E-state index contributed by atoms with van der Waals surface area (Å²) in [5, 5.41) is 4.43. The Hall–Kier alpha value is -3.12. The van der Waals surface area contributed by atoms with Crippen LogP contribution in [0, 0.1) is 0 Å². The van der Waals surface area contributed by atoms with Crippen LogP contribution >= 0.6 is 11.6 Å². The zero-order chi connectivity index (χ0) is 20.5. The summed E-state index contributed by atoms with van der Waals surface area (Å²) in [7, 11) is 1.87. The summed E-state index contributed by atoms with van der Waals surface area (Å²) in [5.41, 5.74) is 3.04. The maximum absolute atomic E-state index is 13.3. The van der Waals surface area contributed by atoms with E-state index in [-0.39, 0.29) is 30.8 Å². The molecule has 0 saturated carbocycles. The van der Waals surface area contributed by atoms with Crippen molar-refractivity contribution in [1.82, 2.24) is 4.98 Å². The van der Waals surface area contributed by atoms with Crippen molar-refractivity contribution in [2.24, 2.45) is 0 Å². The Labute approximate surface area is 174 Å². The molecule has 0 fully saturated rings. The highest BCUT2D eigenvalue weighted by atomic mass is 35.5. The molecule has 2 amide bonds. The number of likely N-dealkylation sites (N-methyl/N-ethyl adjacent to an activating group) is 1. The maximum Gasteiger partial charge on any atom is 0.246 e. The van der Waals surface area contributed by atoms with Gasteiger partial charge in [0.15, 0.2) is 0 Å². The zero-order valence-electron chi connectivity index (χ0n) is 16.2. The molecule has 6 nitrogen and oxygen atoms in total. The second-order valence-electron chi connectivity index (χ2n) is 7.23. The van der Waals surface area contributed by atoms with Crippen LogP contribution in [-0.2, 0) is 9.59 Å². The van der Waals surface area contributed by atoms with Crippen molar-refractivity contribution < 1.29 is 9.59 Å². The number of halogens is 1. The SMILES string of the molecule is C[C@H]1CC(=O)Nc2ccccc2N1C(=O)CN(C)c1ccnc2cc(Cl)ccc12. The van der Waals surface area contributed by atoms with Crippen molar-refractivity contribution in [2.45, 2.75) is 19.4 Å². The molecule has 1 atom stereocenters. The molecule has 29 heavy (non-hydrogen) atoms. The summed E-state index contributed by atoms with van der Waals surface area (Å²) in [5.74, 6) is -0.173. The second-order valence-corrected chi connectivity index (χ2v) is 7.67. The largest absolute Gasteiger partial charge is 0.365 e. The molecule has 0 unspecified atom stereocenters. The number of hydrogen-bond acceptors (Lipinski definition) is 4. The van der Waals surface area contributed by atoms with Gasteiger partial charge in [0.25, 0.3) is 0 Å². The molecule has 1 aromatic heterocycles. The second kappa shape index (κ2) is 7.72. The molecule has 0 saturated heterocycles. The van der Waals surface area contributed by atoms with Gasteiger partial charge < -0.3 is 15.1 Å². The average molecular weight is 409 g/mol. The van der Waals surface area contributed by atoms with Gasteiger partial charge in [0.1, 0.15) is 0 Å². The minimum atomic E-state index is -0.243. The highest BCUT2D eigenvalue weighted by Crippen LogP contribution is 2.32. The number of carbonyl (C=O) groups excluding carboxylic acids is 2. The van der Waals surface area contributed by atoms with Gasteiger partial charge in [0.2, 0.25) is 11.8 Å². The van der Waals surface area contributed by atoms with Gasteiger partial charge in [0, 0.05) is 41.8 Å². The first kappa shape index (κ1) is 19.2. The fraction of sp³-hybridized carbons (Fsp3) is 0.227. The number of amides is 2. The van der Waals surface area contributed by atoms with E-state index in [0.717, 1.165) is 22.3 Å². The van der Waals surface area contributed by atoms with Gasteiger partial charge in [-0.25, -0.2) is 0 Å². The molecule has 148 valence electrons. The molecular weight excluding hydrogens is 388 g/mol. The smallest absolute Gasteiger partial charge is 0.246 e. The number of nitrogens with one attached hydrogen (secondary N) is 1. The number of aromatic nitrogens is 1. The van der Waals surface area contributed by atoms with E-state index in [4.69, 9.17) is 11.6 Å². The lowest BCUT2D eigenvalue weighted by Gasteiger charge is -2.30. The third-order valence-corrected chi connectivity index (χ3v) is 5.33. The van der Waals surface area contributed by atoms with Crippen LogP contribution < -0.4 is 15.1 Å². The number of hydrogen-bond donors (Lipinski definition) is 1. The zero-order valence-corrected chi connectivity index (χ0v) is 17.0. The lowest BCUT2D eigenvalue weighted by Crippen LogP contribution is -2.44. The van der Waals surface area contributed by atoms with E-state index in [9.17, 15) is 9.59 Å². The molecule has 0 aliphatic carbocycles. The van der Waals surface area contributed by atoms with Gasteiger partial charge in [-0.15, -0.1) is 0 Å². The Morgan fingerprint density at radius 3 is 2.90 bits per heavy atom. The molecule has 1 N–H and O–H groups in total. The van der Waals surface area contributed by atoms with Gasteiger partial charge in [-0.1, -0.05) is 23.7 Å². The molecule has 1 aliphatic rings. The number of anilines is 3. The first-order chi connectivity index (χ1) is 13.9. The summed E-state index contributed by atoms with van der Waals surface area (Å²) in [6.45, 7) is 2.05. The number of carbonyl (C=O) groups is 2. The van der Waals surface area contributed by atoms with E-state index in [2.05, 4.69) is 10.3 Å². The molecule has 0 spiro atoms. The van der Waals surface area contributed by atoms with E-state index < -0.39 is 0 Å². The third-order valence-electron chi connectivity index (χ3n) is 5.09. The number of pyridine rings is 1. The number of fused-ring (bicyclic) bond motifs is 2. The average Bonchev–Trinajstić information content (AvgIpc) is 2.81. The van der Waals surface area contributed by atoms with Crippen molar-refractivity contribution in [3.05, 3.63) is 59.8 Å². The summed E-state index contributed by atoms with van der Waals surface area (Å²) >= 11 is 6.08. The van der Waals surface area contributed by atoms with E-state index in [1.54, 1.807) is 17.2 Å². The Morgan fingerprint density at radius 1 is 1.28 bits per heavy atom.